The second-order valence-electron chi connectivity index (χ2n) is 4.72. The van der Waals surface area contributed by atoms with Crippen LogP contribution in [-0.4, -0.2) is 30.4 Å². The molecule has 0 aliphatic carbocycles. The molecule has 0 bridgehead atoms. The number of hydrogen-bond donors (Lipinski definition) is 1. The van der Waals surface area contributed by atoms with E-state index in [0.717, 1.165) is 11.1 Å². The van der Waals surface area contributed by atoms with Gasteiger partial charge in [-0.3, -0.25) is 4.98 Å². The van der Waals surface area contributed by atoms with Crippen LogP contribution in [0.1, 0.15) is 11.1 Å². The molecule has 0 fully saturated rings. The van der Waals surface area contributed by atoms with Gasteiger partial charge < -0.3 is 14.6 Å². The molecular formula is C16H18ClNO3. The Bertz CT molecular complexity index is 604. The first kappa shape index (κ1) is 15.6. The van der Waals surface area contributed by atoms with E-state index in [0.29, 0.717) is 29.4 Å². The molecule has 4 nitrogen and oxygen atoms in total. The first-order chi connectivity index (χ1) is 10.1. The molecule has 21 heavy (non-hydrogen) atoms. The van der Waals surface area contributed by atoms with E-state index in [1.165, 1.54) is 0 Å². The van der Waals surface area contributed by atoms with E-state index < -0.39 is 6.10 Å². The van der Waals surface area contributed by atoms with Gasteiger partial charge in [0, 0.05) is 18.8 Å². The van der Waals surface area contributed by atoms with E-state index in [2.05, 4.69) is 4.98 Å². The minimum atomic E-state index is -0.525. The third kappa shape index (κ3) is 4.09. The van der Waals surface area contributed by atoms with Crippen LogP contribution < -0.4 is 9.47 Å². The lowest BCUT2D eigenvalue weighted by atomic mass is 10.0. The highest BCUT2D eigenvalue weighted by atomic mass is 35.5. The molecule has 0 aliphatic heterocycles. The maximum atomic E-state index is 10.2. The first-order valence-corrected chi connectivity index (χ1v) is 6.99. The molecule has 1 aromatic carbocycles. The van der Waals surface area contributed by atoms with Crippen molar-refractivity contribution in [2.24, 2.45) is 0 Å². The normalized spacial score (nSPS) is 12.0. The summed E-state index contributed by atoms with van der Waals surface area (Å²) in [4.78, 5) is 3.93. The number of halogens is 1. The summed E-state index contributed by atoms with van der Waals surface area (Å²) in [5, 5.41) is 10.8. The van der Waals surface area contributed by atoms with Gasteiger partial charge in [0.25, 0.3) is 0 Å². The summed E-state index contributed by atoms with van der Waals surface area (Å²) in [5.74, 6) is 1.33. The van der Waals surface area contributed by atoms with Gasteiger partial charge in [-0.25, -0.2) is 0 Å². The fourth-order valence-electron chi connectivity index (χ4n) is 2.18. The van der Waals surface area contributed by atoms with Gasteiger partial charge in [-0.2, -0.15) is 0 Å². The summed E-state index contributed by atoms with van der Waals surface area (Å²) >= 11 is 6.05. The highest BCUT2D eigenvalue weighted by Gasteiger charge is 2.11. The summed E-state index contributed by atoms with van der Waals surface area (Å²) in [7, 11) is 3.19. The first-order valence-electron chi connectivity index (χ1n) is 6.61. The van der Waals surface area contributed by atoms with Crippen molar-refractivity contribution in [2.45, 2.75) is 18.9 Å². The Balaban J connectivity index is 2.06. The highest BCUT2D eigenvalue weighted by molar-refractivity contribution is 6.31. The van der Waals surface area contributed by atoms with E-state index >= 15 is 0 Å². The molecular weight excluding hydrogens is 290 g/mol. The maximum Gasteiger partial charge on any atom is 0.160 e. The summed E-state index contributed by atoms with van der Waals surface area (Å²) in [6.45, 7) is 0. The molecule has 1 atom stereocenters. The lowest BCUT2D eigenvalue weighted by molar-refractivity contribution is 0.175. The molecule has 0 aliphatic rings. The number of ether oxygens (including phenoxy) is 2. The van der Waals surface area contributed by atoms with E-state index in [-0.39, 0.29) is 0 Å². The molecule has 0 amide bonds. The molecule has 0 radical (unpaired) electrons. The molecule has 2 rings (SSSR count). The van der Waals surface area contributed by atoms with Crippen molar-refractivity contribution in [2.75, 3.05) is 14.2 Å². The minimum absolute atomic E-state index is 0.482. The molecule has 0 saturated heterocycles. The number of hydrogen-bond acceptors (Lipinski definition) is 4. The lowest BCUT2D eigenvalue weighted by Crippen LogP contribution is -2.14. The lowest BCUT2D eigenvalue weighted by Gasteiger charge is -2.13. The van der Waals surface area contributed by atoms with Crippen LogP contribution in [0.2, 0.25) is 5.02 Å². The third-order valence-corrected chi connectivity index (χ3v) is 3.57. The van der Waals surface area contributed by atoms with Crippen molar-refractivity contribution in [3.63, 3.8) is 0 Å². The second kappa shape index (κ2) is 7.29. The molecule has 112 valence electrons. The Morgan fingerprint density at radius 3 is 2.57 bits per heavy atom. The van der Waals surface area contributed by atoms with Crippen molar-refractivity contribution >= 4 is 11.6 Å². The van der Waals surface area contributed by atoms with Gasteiger partial charge in [0.1, 0.15) is 0 Å². The van der Waals surface area contributed by atoms with Gasteiger partial charge >= 0.3 is 0 Å². The van der Waals surface area contributed by atoms with Crippen molar-refractivity contribution in [3.8, 4) is 11.5 Å². The number of methoxy groups -OCH3 is 2. The van der Waals surface area contributed by atoms with Gasteiger partial charge in [-0.05, 0) is 35.7 Å². The van der Waals surface area contributed by atoms with Gasteiger partial charge in [-0.15, -0.1) is 0 Å². The van der Waals surface area contributed by atoms with E-state index in [9.17, 15) is 5.11 Å². The van der Waals surface area contributed by atoms with E-state index in [1.807, 2.05) is 24.3 Å². The van der Waals surface area contributed by atoms with Gasteiger partial charge in [-0.1, -0.05) is 17.7 Å². The van der Waals surface area contributed by atoms with Crippen LogP contribution in [0.5, 0.6) is 11.5 Å². The summed E-state index contributed by atoms with van der Waals surface area (Å²) in [6, 6.07) is 7.44. The molecule has 1 unspecified atom stereocenters. The number of aliphatic hydroxyl groups excluding tert-OH is 1. The fourth-order valence-corrected chi connectivity index (χ4v) is 2.37. The van der Waals surface area contributed by atoms with Crippen molar-refractivity contribution in [3.05, 3.63) is 52.8 Å². The van der Waals surface area contributed by atoms with Crippen LogP contribution in [0, 0.1) is 0 Å². The summed E-state index contributed by atoms with van der Waals surface area (Å²) in [6.07, 6.45) is 3.72. The number of benzene rings is 1. The number of aromatic nitrogens is 1. The topological polar surface area (TPSA) is 51.6 Å². The predicted octanol–water partition coefficient (Wildman–Crippen LogP) is 2.90. The highest BCUT2D eigenvalue weighted by Crippen LogP contribution is 2.28. The average molecular weight is 308 g/mol. The largest absolute Gasteiger partial charge is 0.493 e. The SMILES string of the molecule is COc1ccc(CC(O)Cc2ccncc2Cl)cc1OC. The minimum Gasteiger partial charge on any atom is -0.493 e. The fraction of sp³-hybridized carbons (Fsp3) is 0.312. The zero-order valence-corrected chi connectivity index (χ0v) is 12.8. The monoisotopic (exact) mass is 307 g/mol. The standard InChI is InChI=1S/C16H18ClNO3/c1-20-15-4-3-11(8-16(15)21-2)7-13(19)9-12-5-6-18-10-14(12)17/h3-6,8,10,13,19H,7,9H2,1-2H3. The summed E-state index contributed by atoms with van der Waals surface area (Å²) < 4.78 is 10.5. The van der Waals surface area contributed by atoms with Gasteiger partial charge in [0.05, 0.1) is 25.3 Å². The van der Waals surface area contributed by atoms with Crippen LogP contribution in [0.4, 0.5) is 0 Å². The van der Waals surface area contributed by atoms with Crippen molar-refractivity contribution in [1.29, 1.82) is 0 Å². The molecule has 1 aromatic heterocycles. The van der Waals surface area contributed by atoms with Crippen LogP contribution in [-0.2, 0) is 12.8 Å². The molecule has 0 spiro atoms. The van der Waals surface area contributed by atoms with Crippen LogP contribution >= 0.6 is 11.6 Å². The Morgan fingerprint density at radius 1 is 1.14 bits per heavy atom. The Hall–Kier alpha value is -1.78. The number of aliphatic hydroxyl groups is 1. The zero-order chi connectivity index (χ0) is 15.2. The van der Waals surface area contributed by atoms with Gasteiger partial charge in [0.2, 0.25) is 0 Å². The number of nitrogens with zero attached hydrogens (tertiary/aromatic N) is 1. The summed E-state index contributed by atoms with van der Waals surface area (Å²) in [5.41, 5.74) is 1.87. The Kier molecular flexibility index (Phi) is 5.42. The average Bonchev–Trinajstić information content (AvgIpc) is 2.49. The van der Waals surface area contributed by atoms with E-state index in [4.69, 9.17) is 21.1 Å². The van der Waals surface area contributed by atoms with Crippen LogP contribution in [0.15, 0.2) is 36.7 Å². The zero-order valence-electron chi connectivity index (χ0n) is 12.0. The van der Waals surface area contributed by atoms with Crippen molar-refractivity contribution < 1.29 is 14.6 Å². The smallest absolute Gasteiger partial charge is 0.160 e. The van der Waals surface area contributed by atoms with E-state index in [1.54, 1.807) is 26.6 Å². The molecule has 5 heteroatoms. The van der Waals surface area contributed by atoms with Gasteiger partial charge in [0.15, 0.2) is 11.5 Å². The molecule has 2 aromatic rings. The number of pyridine rings is 1. The second-order valence-corrected chi connectivity index (χ2v) is 5.13. The Morgan fingerprint density at radius 2 is 1.90 bits per heavy atom. The Labute approximate surface area is 129 Å². The predicted molar refractivity (Wildman–Crippen MR) is 82.2 cm³/mol. The van der Waals surface area contributed by atoms with Crippen LogP contribution in [0.3, 0.4) is 0 Å². The quantitative estimate of drug-likeness (QED) is 0.891. The molecule has 1 N–H and O–H groups in total. The van der Waals surface area contributed by atoms with Crippen LogP contribution in [0.25, 0.3) is 0 Å². The third-order valence-electron chi connectivity index (χ3n) is 3.23. The maximum absolute atomic E-state index is 10.2. The van der Waals surface area contributed by atoms with Crippen molar-refractivity contribution in [1.82, 2.24) is 4.98 Å². The molecule has 1 heterocycles. The number of rotatable bonds is 6. The molecule has 0 saturated carbocycles.